The molecule has 1 aliphatic heterocycles. The van der Waals surface area contributed by atoms with E-state index in [9.17, 15) is 9.90 Å². The SMILES string of the molecule is COc1cc(Br)cc(C=C2SC(=S)N(c3ccccc3)C2=O)c1O. The average molecular weight is 422 g/mol. The van der Waals surface area contributed by atoms with Gasteiger partial charge in [0, 0.05) is 10.0 Å². The summed E-state index contributed by atoms with van der Waals surface area (Å²) in [5.74, 6) is 0.0920. The number of methoxy groups -OCH3 is 1. The number of thioether (sulfide) groups is 1. The van der Waals surface area contributed by atoms with Crippen LogP contribution in [0.4, 0.5) is 5.69 Å². The molecule has 122 valence electrons. The number of ether oxygens (including phenoxy) is 1. The van der Waals surface area contributed by atoms with Crippen LogP contribution in [0.3, 0.4) is 0 Å². The summed E-state index contributed by atoms with van der Waals surface area (Å²) in [6.07, 6.45) is 1.62. The standard InChI is InChI=1S/C17H12BrNO3S2/c1-22-13-9-11(18)7-10(15(13)20)8-14-16(21)19(17(23)24-14)12-5-3-2-4-6-12/h2-9,20H,1H3. The second kappa shape index (κ2) is 6.96. The Kier molecular flexibility index (Phi) is 4.93. The Morgan fingerprint density at radius 2 is 2.00 bits per heavy atom. The smallest absolute Gasteiger partial charge is 0.270 e. The van der Waals surface area contributed by atoms with Gasteiger partial charge < -0.3 is 9.84 Å². The van der Waals surface area contributed by atoms with E-state index in [1.165, 1.54) is 23.8 Å². The van der Waals surface area contributed by atoms with Gasteiger partial charge in [0.1, 0.15) is 0 Å². The monoisotopic (exact) mass is 421 g/mol. The number of nitrogens with zero attached hydrogens (tertiary/aromatic N) is 1. The highest BCUT2D eigenvalue weighted by Gasteiger charge is 2.33. The molecule has 1 N–H and O–H groups in total. The summed E-state index contributed by atoms with van der Waals surface area (Å²) in [5.41, 5.74) is 1.20. The fraction of sp³-hybridized carbons (Fsp3) is 0.0588. The molecule has 24 heavy (non-hydrogen) atoms. The molecule has 1 saturated heterocycles. The number of phenolic OH excluding ortho intramolecular Hbond substituents is 1. The molecule has 0 bridgehead atoms. The van der Waals surface area contributed by atoms with Crippen molar-refractivity contribution < 1.29 is 14.6 Å². The van der Waals surface area contributed by atoms with Gasteiger partial charge >= 0.3 is 0 Å². The second-order valence-corrected chi connectivity index (χ2v) is 7.49. The first-order valence-electron chi connectivity index (χ1n) is 6.91. The first kappa shape index (κ1) is 17.0. The molecule has 0 radical (unpaired) electrons. The van der Waals surface area contributed by atoms with Crippen molar-refractivity contribution in [3.63, 3.8) is 0 Å². The van der Waals surface area contributed by atoms with Crippen LogP contribution < -0.4 is 9.64 Å². The van der Waals surface area contributed by atoms with Crippen molar-refractivity contribution in [3.05, 3.63) is 57.4 Å². The summed E-state index contributed by atoms with van der Waals surface area (Å²) in [6.45, 7) is 0. The minimum absolute atomic E-state index is 0.0225. The van der Waals surface area contributed by atoms with Crippen LogP contribution in [0.15, 0.2) is 51.8 Å². The minimum atomic E-state index is -0.213. The van der Waals surface area contributed by atoms with Gasteiger partial charge in [-0.15, -0.1) is 0 Å². The Hall–Kier alpha value is -1.83. The molecule has 0 atom stereocenters. The molecule has 1 amide bonds. The number of hydrogen-bond acceptors (Lipinski definition) is 5. The molecule has 2 aromatic rings. The third kappa shape index (κ3) is 3.19. The van der Waals surface area contributed by atoms with Gasteiger partial charge in [-0.25, -0.2) is 0 Å². The lowest BCUT2D eigenvalue weighted by Gasteiger charge is -2.13. The maximum Gasteiger partial charge on any atom is 0.270 e. The number of aromatic hydroxyl groups is 1. The highest BCUT2D eigenvalue weighted by molar-refractivity contribution is 9.10. The zero-order valence-corrected chi connectivity index (χ0v) is 15.7. The highest BCUT2D eigenvalue weighted by Crippen LogP contribution is 2.39. The van der Waals surface area contributed by atoms with Crippen LogP contribution in [0.25, 0.3) is 6.08 Å². The predicted molar refractivity (Wildman–Crippen MR) is 104 cm³/mol. The number of phenols is 1. The van der Waals surface area contributed by atoms with Crippen molar-refractivity contribution in [3.8, 4) is 11.5 Å². The van der Waals surface area contributed by atoms with Crippen molar-refractivity contribution in [1.29, 1.82) is 0 Å². The van der Waals surface area contributed by atoms with Crippen LogP contribution in [0, 0.1) is 0 Å². The molecule has 2 aromatic carbocycles. The lowest BCUT2D eigenvalue weighted by atomic mass is 10.1. The van der Waals surface area contributed by atoms with Crippen molar-refractivity contribution >= 4 is 61.9 Å². The van der Waals surface area contributed by atoms with Crippen LogP contribution in [0.1, 0.15) is 5.56 Å². The second-order valence-electron chi connectivity index (χ2n) is 4.90. The van der Waals surface area contributed by atoms with Crippen molar-refractivity contribution in [1.82, 2.24) is 0 Å². The van der Waals surface area contributed by atoms with E-state index in [0.29, 0.717) is 20.5 Å². The van der Waals surface area contributed by atoms with E-state index in [1.807, 2.05) is 30.3 Å². The number of amides is 1. The quantitative estimate of drug-likeness (QED) is 0.580. The number of anilines is 1. The first-order chi connectivity index (χ1) is 11.5. The predicted octanol–water partition coefficient (Wildman–Crippen LogP) is 4.57. The van der Waals surface area contributed by atoms with E-state index in [2.05, 4.69) is 15.9 Å². The van der Waals surface area contributed by atoms with E-state index >= 15 is 0 Å². The van der Waals surface area contributed by atoms with Gasteiger partial charge in [0.15, 0.2) is 15.8 Å². The molecule has 4 nitrogen and oxygen atoms in total. The number of carbonyl (C=O) groups is 1. The first-order valence-corrected chi connectivity index (χ1v) is 8.92. The van der Waals surface area contributed by atoms with Crippen LogP contribution in [0.5, 0.6) is 11.5 Å². The average Bonchev–Trinajstić information content (AvgIpc) is 2.85. The molecule has 1 aliphatic rings. The number of halogens is 1. The molecule has 3 rings (SSSR count). The molecule has 7 heteroatoms. The third-order valence-corrected chi connectivity index (χ3v) is 5.14. The molecular weight excluding hydrogens is 410 g/mol. The van der Waals surface area contributed by atoms with Gasteiger partial charge in [0.2, 0.25) is 0 Å². The molecule has 0 spiro atoms. The minimum Gasteiger partial charge on any atom is -0.504 e. The number of para-hydroxylation sites is 1. The van der Waals surface area contributed by atoms with E-state index in [0.717, 1.165) is 10.2 Å². The van der Waals surface area contributed by atoms with Crippen LogP contribution in [-0.4, -0.2) is 22.4 Å². The molecule has 1 heterocycles. The Morgan fingerprint density at radius 3 is 2.67 bits per heavy atom. The fourth-order valence-corrected chi connectivity index (χ4v) is 4.01. The molecule has 0 aromatic heterocycles. The summed E-state index contributed by atoms with van der Waals surface area (Å²) in [7, 11) is 1.47. The largest absolute Gasteiger partial charge is 0.504 e. The third-order valence-electron chi connectivity index (χ3n) is 3.38. The summed E-state index contributed by atoms with van der Waals surface area (Å²) in [4.78, 5) is 14.6. The zero-order valence-electron chi connectivity index (χ0n) is 12.5. The lowest BCUT2D eigenvalue weighted by molar-refractivity contribution is -0.113. The van der Waals surface area contributed by atoms with Crippen molar-refractivity contribution in [2.45, 2.75) is 0 Å². The van der Waals surface area contributed by atoms with Crippen LogP contribution in [0.2, 0.25) is 0 Å². The zero-order chi connectivity index (χ0) is 17.3. The summed E-state index contributed by atoms with van der Waals surface area (Å²) >= 11 is 9.90. The maximum atomic E-state index is 12.7. The molecule has 0 unspecified atom stereocenters. The van der Waals surface area contributed by atoms with Gasteiger partial charge in [-0.1, -0.05) is 58.1 Å². The van der Waals surface area contributed by atoms with Gasteiger partial charge in [0.05, 0.1) is 17.7 Å². The van der Waals surface area contributed by atoms with E-state index in [1.54, 1.807) is 18.2 Å². The number of rotatable bonds is 3. The van der Waals surface area contributed by atoms with Gasteiger partial charge in [-0.3, -0.25) is 9.69 Å². The summed E-state index contributed by atoms with van der Waals surface area (Å²) in [5, 5.41) is 10.3. The van der Waals surface area contributed by atoms with Crippen LogP contribution >= 0.6 is 39.9 Å². The Labute approximate surface area is 157 Å². The van der Waals surface area contributed by atoms with E-state index in [4.69, 9.17) is 17.0 Å². The van der Waals surface area contributed by atoms with Crippen molar-refractivity contribution in [2.24, 2.45) is 0 Å². The van der Waals surface area contributed by atoms with E-state index < -0.39 is 0 Å². The summed E-state index contributed by atoms with van der Waals surface area (Å²) < 4.78 is 6.33. The number of benzene rings is 2. The fourth-order valence-electron chi connectivity index (χ4n) is 2.27. The topological polar surface area (TPSA) is 49.8 Å². The molecule has 0 aliphatic carbocycles. The Balaban J connectivity index is 2.00. The summed E-state index contributed by atoms with van der Waals surface area (Å²) in [6, 6.07) is 12.6. The van der Waals surface area contributed by atoms with Gasteiger partial charge in [0.25, 0.3) is 5.91 Å². The van der Waals surface area contributed by atoms with Gasteiger partial charge in [-0.2, -0.15) is 0 Å². The number of thiocarbonyl (C=S) groups is 1. The normalized spacial score (nSPS) is 16.1. The van der Waals surface area contributed by atoms with E-state index in [-0.39, 0.29) is 11.7 Å². The molecule has 0 saturated carbocycles. The number of hydrogen-bond donors (Lipinski definition) is 1. The van der Waals surface area contributed by atoms with Crippen molar-refractivity contribution in [2.75, 3.05) is 12.0 Å². The Morgan fingerprint density at radius 1 is 1.29 bits per heavy atom. The number of carbonyl (C=O) groups excluding carboxylic acids is 1. The lowest BCUT2D eigenvalue weighted by Crippen LogP contribution is -2.27. The molecular formula is C17H12BrNO3S2. The highest BCUT2D eigenvalue weighted by atomic mass is 79.9. The molecule has 1 fully saturated rings. The Bertz CT molecular complexity index is 852. The van der Waals surface area contributed by atoms with Crippen LogP contribution in [-0.2, 0) is 4.79 Å². The van der Waals surface area contributed by atoms with Gasteiger partial charge in [-0.05, 0) is 30.3 Å². The maximum absolute atomic E-state index is 12.7.